The summed E-state index contributed by atoms with van der Waals surface area (Å²) in [7, 11) is 0. The molecule has 3 heterocycles. The molecule has 3 rings (SSSR count). The van der Waals surface area contributed by atoms with Crippen molar-refractivity contribution in [2.75, 3.05) is 0 Å². The number of pyridine rings is 1. The van der Waals surface area contributed by atoms with E-state index in [9.17, 15) is 0 Å². The Hall–Kier alpha value is -2.04. The molecule has 5 nitrogen and oxygen atoms in total. The van der Waals surface area contributed by atoms with E-state index in [1.807, 2.05) is 0 Å². The van der Waals surface area contributed by atoms with Crippen LogP contribution < -0.4 is 0 Å². The molecule has 0 N–H and O–H groups in total. The van der Waals surface area contributed by atoms with Crippen molar-refractivity contribution in [2.24, 2.45) is 0 Å². The fourth-order valence-corrected chi connectivity index (χ4v) is 1.27. The first-order valence-corrected chi connectivity index (χ1v) is 3.75. The highest BCUT2D eigenvalue weighted by Gasteiger charge is 2.07. The van der Waals surface area contributed by atoms with Crippen molar-refractivity contribution in [1.82, 2.24) is 20.2 Å². The molecule has 0 saturated heterocycles. The number of fused-ring (bicyclic) bond motifs is 3. The first kappa shape index (κ1) is 6.47. The summed E-state index contributed by atoms with van der Waals surface area (Å²) in [6.07, 6.45) is 4.76. The zero-order valence-electron chi connectivity index (χ0n) is 6.51. The second-order valence-corrected chi connectivity index (χ2v) is 2.59. The lowest BCUT2D eigenvalue weighted by atomic mass is 10.3. The quantitative estimate of drug-likeness (QED) is 0.509. The molecule has 0 aliphatic carbocycles. The minimum absolute atomic E-state index is 0.450. The highest BCUT2D eigenvalue weighted by atomic mass is 16.3. The molecule has 3 aromatic rings. The maximum absolute atomic E-state index is 5.38. The monoisotopic (exact) mass is 172 g/mol. The average molecular weight is 172 g/mol. The smallest absolute Gasteiger partial charge is 0.265 e. The Bertz CT molecular complexity index is 524. The second kappa shape index (κ2) is 2.22. The molecule has 0 amide bonds. The van der Waals surface area contributed by atoms with Gasteiger partial charge in [-0.25, -0.2) is 4.98 Å². The van der Waals surface area contributed by atoms with Gasteiger partial charge in [0.25, 0.3) is 5.71 Å². The molecule has 62 valence electrons. The van der Waals surface area contributed by atoms with E-state index < -0.39 is 0 Å². The molecular weight excluding hydrogens is 168 g/mol. The zero-order chi connectivity index (χ0) is 8.67. The summed E-state index contributed by atoms with van der Waals surface area (Å²) in [5.41, 5.74) is 1.89. The van der Waals surface area contributed by atoms with Crippen LogP contribution in [0.25, 0.3) is 22.2 Å². The number of furan rings is 1. The van der Waals surface area contributed by atoms with E-state index in [2.05, 4.69) is 20.2 Å². The lowest BCUT2D eigenvalue weighted by Crippen LogP contribution is -1.81. The third-order valence-corrected chi connectivity index (χ3v) is 1.83. The summed E-state index contributed by atoms with van der Waals surface area (Å²) >= 11 is 0. The molecule has 3 aromatic heterocycles. The number of rotatable bonds is 0. The summed E-state index contributed by atoms with van der Waals surface area (Å²) in [6, 6.07) is 1.78. The normalized spacial score (nSPS) is 11.1. The van der Waals surface area contributed by atoms with Crippen LogP contribution in [0.5, 0.6) is 0 Å². The standard InChI is InChI=1S/C8H4N4O/c1-2-9-3-5-6(1)13-8-7(5)10-4-11-12-8/h1-4H. The summed E-state index contributed by atoms with van der Waals surface area (Å²) in [6.45, 7) is 0. The minimum atomic E-state index is 0.450. The topological polar surface area (TPSA) is 64.7 Å². The molecule has 5 heteroatoms. The summed E-state index contributed by atoms with van der Waals surface area (Å²) < 4.78 is 5.38. The van der Waals surface area contributed by atoms with Crippen LogP contribution in [0.2, 0.25) is 0 Å². The lowest BCUT2D eigenvalue weighted by Gasteiger charge is -1.83. The van der Waals surface area contributed by atoms with Gasteiger partial charge >= 0.3 is 0 Å². The Balaban J connectivity index is 2.64. The number of hydrogen-bond acceptors (Lipinski definition) is 5. The summed E-state index contributed by atoms with van der Waals surface area (Å²) in [5, 5.41) is 8.31. The Kier molecular flexibility index (Phi) is 1.11. The van der Waals surface area contributed by atoms with Crippen LogP contribution in [0.15, 0.2) is 29.2 Å². The SMILES string of the molecule is c1cc2oc3nncnc3c2cn1. The van der Waals surface area contributed by atoms with Gasteiger partial charge < -0.3 is 4.42 Å². The Morgan fingerprint density at radius 1 is 1.31 bits per heavy atom. The van der Waals surface area contributed by atoms with Gasteiger partial charge in [0.15, 0.2) is 0 Å². The van der Waals surface area contributed by atoms with Gasteiger partial charge in [-0.2, -0.15) is 0 Å². The van der Waals surface area contributed by atoms with Crippen LogP contribution in [0, 0.1) is 0 Å². The first-order valence-electron chi connectivity index (χ1n) is 3.75. The molecule has 0 radical (unpaired) electrons. The second-order valence-electron chi connectivity index (χ2n) is 2.59. The van der Waals surface area contributed by atoms with E-state index in [1.165, 1.54) is 6.33 Å². The number of aromatic nitrogens is 4. The Labute approximate surface area is 72.4 Å². The first-order chi connectivity index (χ1) is 6.45. The minimum Gasteiger partial charge on any atom is -0.435 e. The average Bonchev–Trinajstić information content (AvgIpc) is 2.56. The van der Waals surface area contributed by atoms with E-state index in [1.54, 1.807) is 18.5 Å². The fraction of sp³-hybridized carbons (Fsp3) is 0. The van der Waals surface area contributed by atoms with Crippen molar-refractivity contribution in [3.63, 3.8) is 0 Å². The molecule has 0 bridgehead atoms. The van der Waals surface area contributed by atoms with Crippen LogP contribution in [0.4, 0.5) is 0 Å². The highest BCUT2D eigenvalue weighted by molar-refractivity contribution is 5.99. The maximum Gasteiger partial charge on any atom is 0.265 e. The van der Waals surface area contributed by atoms with Crippen molar-refractivity contribution < 1.29 is 4.42 Å². The molecule has 0 aliphatic rings. The van der Waals surface area contributed by atoms with Crippen molar-refractivity contribution in [1.29, 1.82) is 0 Å². The van der Waals surface area contributed by atoms with Crippen LogP contribution in [0.3, 0.4) is 0 Å². The van der Waals surface area contributed by atoms with Crippen molar-refractivity contribution in [2.45, 2.75) is 0 Å². The van der Waals surface area contributed by atoms with Gasteiger partial charge in [-0.3, -0.25) is 4.98 Å². The molecular formula is C8H4N4O. The van der Waals surface area contributed by atoms with E-state index >= 15 is 0 Å². The third-order valence-electron chi connectivity index (χ3n) is 1.83. The van der Waals surface area contributed by atoms with Gasteiger partial charge in [0.05, 0.1) is 5.39 Å². The molecule has 0 fully saturated rings. The Morgan fingerprint density at radius 3 is 3.31 bits per heavy atom. The van der Waals surface area contributed by atoms with Crippen LogP contribution in [-0.4, -0.2) is 20.2 Å². The van der Waals surface area contributed by atoms with Crippen LogP contribution >= 0.6 is 0 Å². The summed E-state index contributed by atoms with van der Waals surface area (Å²) in [4.78, 5) is 8.05. The summed E-state index contributed by atoms with van der Waals surface area (Å²) in [5.74, 6) is 0. The predicted molar refractivity (Wildman–Crippen MR) is 44.9 cm³/mol. The van der Waals surface area contributed by atoms with Gasteiger partial charge in [-0.15, -0.1) is 10.2 Å². The molecule has 0 aliphatic heterocycles. The van der Waals surface area contributed by atoms with Gasteiger partial charge in [0, 0.05) is 12.4 Å². The predicted octanol–water partition coefficient (Wildman–Crippen LogP) is 1.17. The van der Waals surface area contributed by atoms with Gasteiger partial charge in [-0.1, -0.05) is 0 Å². The van der Waals surface area contributed by atoms with E-state index in [0.29, 0.717) is 11.2 Å². The number of hydrogen-bond donors (Lipinski definition) is 0. The molecule has 0 aromatic carbocycles. The van der Waals surface area contributed by atoms with Gasteiger partial charge in [0.2, 0.25) is 0 Å². The molecule has 13 heavy (non-hydrogen) atoms. The van der Waals surface area contributed by atoms with E-state index in [4.69, 9.17) is 4.42 Å². The van der Waals surface area contributed by atoms with Crippen LogP contribution in [-0.2, 0) is 0 Å². The maximum atomic E-state index is 5.38. The molecule has 0 spiro atoms. The third kappa shape index (κ3) is 0.807. The van der Waals surface area contributed by atoms with Crippen LogP contribution in [0.1, 0.15) is 0 Å². The molecule has 0 unspecified atom stereocenters. The zero-order valence-corrected chi connectivity index (χ0v) is 6.51. The fourth-order valence-electron chi connectivity index (χ4n) is 1.27. The highest BCUT2D eigenvalue weighted by Crippen LogP contribution is 2.22. The van der Waals surface area contributed by atoms with Gasteiger partial charge in [0.1, 0.15) is 17.4 Å². The number of nitrogens with zero attached hydrogens (tertiary/aromatic N) is 4. The molecule has 0 saturated carbocycles. The van der Waals surface area contributed by atoms with E-state index in [0.717, 1.165) is 11.0 Å². The largest absolute Gasteiger partial charge is 0.435 e. The van der Waals surface area contributed by atoms with Crippen molar-refractivity contribution >= 4 is 22.2 Å². The molecule has 0 atom stereocenters. The van der Waals surface area contributed by atoms with Gasteiger partial charge in [-0.05, 0) is 6.07 Å². The van der Waals surface area contributed by atoms with Crippen molar-refractivity contribution in [3.8, 4) is 0 Å². The Morgan fingerprint density at radius 2 is 2.31 bits per heavy atom. The van der Waals surface area contributed by atoms with Crippen molar-refractivity contribution in [3.05, 3.63) is 24.8 Å². The van der Waals surface area contributed by atoms with E-state index in [-0.39, 0.29) is 0 Å². The lowest BCUT2D eigenvalue weighted by molar-refractivity contribution is 0.643.